The first-order valence-corrected chi connectivity index (χ1v) is 4.28. The molecule has 72 valence electrons. The third-order valence-corrected chi connectivity index (χ3v) is 2.03. The molecule has 0 aliphatic rings. The summed E-state index contributed by atoms with van der Waals surface area (Å²) in [6, 6.07) is 3.28. The van der Waals surface area contributed by atoms with E-state index in [1.54, 1.807) is 19.1 Å². The van der Waals surface area contributed by atoms with Crippen molar-refractivity contribution in [3.8, 4) is 11.5 Å². The Bertz CT molecular complexity index is 308. The van der Waals surface area contributed by atoms with Gasteiger partial charge in [-0.15, -0.1) is 0 Å². The van der Waals surface area contributed by atoms with Crippen molar-refractivity contribution in [3.63, 3.8) is 0 Å². The first kappa shape index (κ1) is 9.86. The Morgan fingerprint density at radius 1 is 1.38 bits per heavy atom. The molecule has 1 unspecified atom stereocenters. The lowest BCUT2D eigenvalue weighted by atomic mass is 10.0. The van der Waals surface area contributed by atoms with E-state index in [2.05, 4.69) is 0 Å². The molecule has 1 atom stereocenters. The minimum atomic E-state index is 0.00911. The van der Waals surface area contributed by atoms with E-state index in [-0.39, 0.29) is 17.5 Å². The molecule has 0 aliphatic heterocycles. The Labute approximate surface area is 77.8 Å². The van der Waals surface area contributed by atoms with Gasteiger partial charge in [0.05, 0.1) is 0 Å². The molecule has 0 aromatic heterocycles. The van der Waals surface area contributed by atoms with Crippen LogP contribution in [0.2, 0.25) is 0 Å². The van der Waals surface area contributed by atoms with Crippen LogP contribution in [-0.4, -0.2) is 16.3 Å². The van der Waals surface area contributed by atoms with Gasteiger partial charge in [0.15, 0.2) is 0 Å². The first-order chi connectivity index (χ1) is 6.02. The normalized spacial score (nSPS) is 12.8. The molecule has 1 aromatic rings. The Hall–Kier alpha value is -1.22. The second-order valence-electron chi connectivity index (χ2n) is 3.40. The van der Waals surface area contributed by atoms with Gasteiger partial charge in [0, 0.05) is 11.6 Å². The van der Waals surface area contributed by atoms with Gasteiger partial charge in [0.25, 0.3) is 0 Å². The van der Waals surface area contributed by atoms with Crippen LogP contribution < -0.4 is 5.73 Å². The smallest absolute Gasteiger partial charge is 0.125 e. The largest absolute Gasteiger partial charge is 0.508 e. The number of phenolic OH excluding ortho intramolecular Hbond substituents is 2. The van der Waals surface area contributed by atoms with Gasteiger partial charge < -0.3 is 15.9 Å². The van der Waals surface area contributed by atoms with Gasteiger partial charge in [-0.25, -0.2) is 0 Å². The highest BCUT2D eigenvalue weighted by molar-refractivity contribution is 5.47. The van der Waals surface area contributed by atoms with Crippen LogP contribution in [0.5, 0.6) is 11.5 Å². The molecule has 0 fully saturated rings. The van der Waals surface area contributed by atoms with Crippen molar-refractivity contribution in [3.05, 3.63) is 23.3 Å². The Kier molecular flexibility index (Phi) is 2.78. The standard InChI is InChI=1S/C10H15NO2/c1-6(11)5-8-3-4-9(12)7(2)10(8)13/h3-4,6,12-13H,5,11H2,1-2H3. The summed E-state index contributed by atoms with van der Waals surface area (Å²) in [5.74, 6) is 0.267. The van der Waals surface area contributed by atoms with Crippen LogP contribution in [0.4, 0.5) is 0 Å². The lowest BCUT2D eigenvalue weighted by Gasteiger charge is -2.10. The fraction of sp³-hybridized carbons (Fsp3) is 0.400. The van der Waals surface area contributed by atoms with Crippen LogP contribution in [0.3, 0.4) is 0 Å². The molecular weight excluding hydrogens is 166 g/mol. The monoisotopic (exact) mass is 181 g/mol. The highest BCUT2D eigenvalue weighted by Gasteiger charge is 2.09. The average molecular weight is 181 g/mol. The van der Waals surface area contributed by atoms with Crippen molar-refractivity contribution < 1.29 is 10.2 Å². The van der Waals surface area contributed by atoms with Crippen molar-refractivity contribution >= 4 is 0 Å². The summed E-state index contributed by atoms with van der Waals surface area (Å²) < 4.78 is 0. The number of phenols is 2. The van der Waals surface area contributed by atoms with E-state index in [1.807, 2.05) is 6.92 Å². The lowest BCUT2D eigenvalue weighted by Crippen LogP contribution is -2.17. The number of aromatic hydroxyl groups is 2. The van der Waals surface area contributed by atoms with Crippen molar-refractivity contribution in [2.45, 2.75) is 26.3 Å². The van der Waals surface area contributed by atoms with E-state index in [4.69, 9.17) is 5.73 Å². The molecule has 0 spiro atoms. The number of hydrogen-bond acceptors (Lipinski definition) is 3. The van der Waals surface area contributed by atoms with Crippen LogP contribution in [0, 0.1) is 6.92 Å². The van der Waals surface area contributed by atoms with Gasteiger partial charge in [0.2, 0.25) is 0 Å². The van der Waals surface area contributed by atoms with Gasteiger partial charge in [0.1, 0.15) is 11.5 Å². The van der Waals surface area contributed by atoms with E-state index >= 15 is 0 Å². The SMILES string of the molecule is Cc1c(O)ccc(CC(C)N)c1O. The summed E-state index contributed by atoms with van der Waals surface area (Å²) in [5.41, 5.74) is 6.90. The Morgan fingerprint density at radius 3 is 2.54 bits per heavy atom. The van der Waals surface area contributed by atoms with Gasteiger partial charge in [-0.05, 0) is 31.9 Å². The summed E-state index contributed by atoms with van der Waals surface area (Å²) in [6.07, 6.45) is 0.618. The van der Waals surface area contributed by atoms with E-state index in [9.17, 15) is 10.2 Å². The highest BCUT2D eigenvalue weighted by atomic mass is 16.3. The average Bonchev–Trinajstić information content (AvgIpc) is 2.06. The van der Waals surface area contributed by atoms with Crippen LogP contribution >= 0.6 is 0 Å². The maximum absolute atomic E-state index is 9.61. The number of nitrogens with two attached hydrogens (primary N) is 1. The molecule has 0 radical (unpaired) electrons. The van der Waals surface area contributed by atoms with Crippen LogP contribution in [0.1, 0.15) is 18.1 Å². The molecule has 1 rings (SSSR count). The predicted molar refractivity (Wildman–Crippen MR) is 51.9 cm³/mol. The Balaban J connectivity index is 3.04. The van der Waals surface area contributed by atoms with Crippen LogP contribution in [0.15, 0.2) is 12.1 Å². The molecular formula is C10H15NO2. The number of benzene rings is 1. The molecule has 0 saturated carbocycles. The zero-order valence-corrected chi connectivity index (χ0v) is 7.91. The molecule has 1 aromatic carbocycles. The lowest BCUT2D eigenvalue weighted by molar-refractivity contribution is 0.437. The van der Waals surface area contributed by atoms with Gasteiger partial charge in [-0.3, -0.25) is 0 Å². The maximum atomic E-state index is 9.61. The Morgan fingerprint density at radius 2 is 2.00 bits per heavy atom. The summed E-state index contributed by atoms with van der Waals surface area (Å²) in [4.78, 5) is 0. The van der Waals surface area contributed by atoms with Crippen molar-refractivity contribution in [1.29, 1.82) is 0 Å². The van der Waals surface area contributed by atoms with Crippen molar-refractivity contribution in [1.82, 2.24) is 0 Å². The molecule has 3 heteroatoms. The summed E-state index contributed by atoms with van der Waals surface area (Å²) >= 11 is 0. The summed E-state index contributed by atoms with van der Waals surface area (Å²) in [5, 5.41) is 18.9. The molecule has 0 aliphatic carbocycles. The first-order valence-electron chi connectivity index (χ1n) is 4.28. The second-order valence-corrected chi connectivity index (χ2v) is 3.40. The molecule has 3 nitrogen and oxygen atoms in total. The van der Waals surface area contributed by atoms with Crippen LogP contribution in [0.25, 0.3) is 0 Å². The number of hydrogen-bond donors (Lipinski definition) is 3. The predicted octanol–water partition coefficient (Wildman–Crippen LogP) is 1.30. The van der Waals surface area contributed by atoms with Crippen molar-refractivity contribution in [2.75, 3.05) is 0 Å². The van der Waals surface area contributed by atoms with Crippen molar-refractivity contribution in [2.24, 2.45) is 5.73 Å². The fourth-order valence-corrected chi connectivity index (χ4v) is 1.26. The van der Waals surface area contributed by atoms with Gasteiger partial charge >= 0.3 is 0 Å². The number of rotatable bonds is 2. The van der Waals surface area contributed by atoms with E-state index in [1.165, 1.54) is 0 Å². The minimum Gasteiger partial charge on any atom is -0.508 e. The van der Waals surface area contributed by atoms with E-state index < -0.39 is 0 Å². The second kappa shape index (κ2) is 3.66. The summed E-state index contributed by atoms with van der Waals surface area (Å²) in [6.45, 7) is 3.55. The van der Waals surface area contributed by atoms with Gasteiger partial charge in [-0.2, -0.15) is 0 Å². The zero-order valence-electron chi connectivity index (χ0n) is 7.91. The zero-order chi connectivity index (χ0) is 10.0. The molecule has 0 bridgehead atoms. The molecule has 0 saturated heterocycles. The fourth-order valence-electron chi connectivity index (χ4n) is 1.26. The molecule has 13 heavy (non-hydrogen) atoms. The third-order valence-electron chi connectivity index (χ3n) is 2.03. The maximum Gasteiger partial charge on any atom is 0.125 e. The topological polar surface area (TPSA) is 66.5 Å². The third kappa shape index (κ3) is 2.12. The molecule has 4 N–H and O–H groups in total. The summed E-state index contributed by atoms with van der Waals surface area (Å²) in [7, 11) is 0. The van der Waals surface area contributed by atoms with Crippen LogP contribution in [-0.2, 0) is 6.42 Å². The quantitative estimate of drug-likeness (QED) is 0.644. The van der Waals surface area contributed by atoms with E-state index in [0.29, 0.717) is 12.0 Å². The van der Waals surface area contributed by atoms with E-state index in [0.717, 1.165) is 5.56 Å². The molecule has 0 amide bonds. The van der Waals surface area contributed by atoms with Gasteiger partial charge in [-0.1, -0.05) is 6.07 Å². The minimum absolute atomic E-state index is 0.00911. The highest BCUT2D eigenvalue weighted by Crippen LogP contribution is 2.29. The molecule has 0 heterocycles.